The topological polar surface area (TPSA) is 67.3 Å². The van der Waals surface area contributed by atoms with Crippen molar-refractivity contribution in [1.82, 2.24) is 4.98 Å². The van der Waals surface area contributed by atoms with Gasteiger partial charge in [0.25, 0.3) is 5.91 Å². The second-order valence-corrected chi connectivity index (χ2v) is 7.41. The number of halogens is 2. The van der Waals surface area contributed by atoms with Crippen molar-refractivity contribution >= 4 is 44.6 Å². The summed E-state index contributed by atoms with van der Waals surface area (Å²) in [4.78, 5) is 17.7. The van der Waals surface area contributed by atoms with Crippen molar-refractivity contribution in [2.24, 2.45) is 0 Å². The first-order valence-corrected chi connectivity index (χ1v) is 8.74. The summed E-state index contributed by atoms with van der Waals surface area (Å²) >= 11 is 11.6. The van der Waals surface area contributed by atoms with Gasteiger partial charge in [-0.15, -0.1) is 0 Å². The third-order valence-corrected chi connectivity index (χ3v) is 4.81. The average molecular weight is 359 g/mol. The monoisotopic (exact) mass is 358 g/mol. The van der Waals surface area contributed by atoms with Crippen molar-refractivity contribution in [2.45, 2.75) is 4.90 Å². The number of hydrogen-bond acceptors (Lipinski definition) is 4. The summed E-state index contributed by atoms with van der Waals surface area (Å²) in [5, 5.41) is 0.312. The van der Waals surface area contributed by atoms with E-state index in [1.165, 1.54) is 29.3 Å². The summed E-state index contributed by atoms with van der Waals surface area (Å²) in [6, 6.07) is 7.43. The summed E-state index contributed by atoms with van der Waals surface area (Å²) in [6.07, 6.45) is 2.45. The molecule has 0 bridgehead atoms. The fraction of sp³-hybridized carbons (Fsp3) is 0.143. The first kappa shape index (κ1) is 16.7. The SMILES string of the molecule is CN(C(=O)c1cnc(Cl)c(Cl)c1)c1ccc(S(C)(=O)=O)cc1. The number of sulfone groups is 1. The second kappa shape index (κ2) is 6.24. The summed E-state index contributed by atoms with van der Waals surface area (Å²) < 4.78 is 22.8. The number of carbonyl (C=O) groups excluding carboxylic acids is 1. The molecule has 1 heterocycles. The molecular formula is C14H12Cl2N2O3S. The summed E-state index contributed by atoms with van der Waals surface area (Å²) in [5.41, 5.74) is 0.826. The fourth-order valence-corrected chi connectivity index (χ4v) is 2.67. The molecule has 0 saturated carbocycles. The van der Waals surface area contributed by atoms with Crippen molar-refractivity contribution in [3.63, 3.8) is 0 Å². The van der Waals surface area contributed by atoms with Gasteiger partial charge in [0, 0.05) is 25.2 Å². The van der Waals surface area contributed by atoms with Gasteiger partial charge in [-0.1, -0.05) is 23.2 Å². The number of rotatable bonds is 3. The lowest BCUT2D eigenvalue weighted by atomic mass is 10.2. The van der Waals surface area contributed by atoms with Gasteiger partial charge in [0.1, 0.15) is 5.15 Å². The van der Waals surface area contributed by atoms with Crippen LogP contribution < -0.4 is 4.90 Å². The van der Waals surface area contributed by atoms with Crippen LogP contribution in [0.25, 0.3) is 0 Å². The van der Waals surface area contributed by atoms with Crippen LogP contribution in [-0.4, -0.2) is 32.6 Å². The molecule has 0 aliphatic heterocycles. The third kappa shape index (κ3) is 3.58. The highest BCUT2D eigenvalue weighted by atomic mass is 35.5. The highest BCUT2D eigenvalue weighted by Crippen LogP contribution is 2.22. The molecule has 0 unspecified atom stereocenters. The molecule has 5 nitrogen and oxygen atoms in total. The van der Waals surface area contributed by atoms with Crippen LogP contribution in [0.4, 0.5) is 5.69 Å². The van der Waals surface area contributed by atoms with Crippen LogP contribution in [0.2, 0.25) is 10.2 Å². The largest absolute Gasteiger partial charge is 0.311 e. The Labute approximate surface area is 138 Å². The number of hydrogen-bond donors (Lipinski definition) is 0. The molecule has 0 aliphatic rings. The maximum atomic E-state index is 12.4. The molecule has 0 fully saturated rings. The molecule has 1 aromatic heterocycles. The Morgan fingerprint density at radius 3 is 2.27 bits per heavy atom. The number of aromatic nitrogens is 1. The number of amides is 1. The minimum Gasteiger partial charge on any atom is -0.311 e. The van der Waals surface area contributed by atoms with Gasteiger partial charge in [-0.25, -0.2) is 13.4 Å². The zero-order valence-electron chi connectivity index (χ0n) is 11.7. The first-order chi connectivity index (χ1) is 10.2. The van der Waals surface area contributed by atoms with Crippen LogP contribution >= 0.6 is 23.2 Å². The smallest absolute Gasteiger partial charge is 0.259 e. The van der Waals surface area contributed by atoms with Gasteiger partial charge in [-0.3, -0.25) is 4.79 Å². The van der Waals surface area contributed by atoms with Crippen LogP contribution in [0.5, 0.6) is 0 Å². The summed E-state index contributed by atoms with van der Waals surface area (Å²) in [5.74, 6) is -0.335. The van der Waals surface area contributed by atoms with Crippen LogP contribution in [0.15, 0.2) is 41.4 Å². The number of nitrogens with zero attached hydrogens (tertiary/aromatic N) is 2. The maximum Gasteiger partial charge on any atom is 0.259 e. The summed E-state index contributed by atoms with van der Waals surface area (Å²) in [6.45, 7) is 0. The Morgan fingerprint density at radius 1 is 1.18 bits per heavy atom. The van der Waals surface area contributed by atoms with E-state index in [1.807, 2.05) is 0 Å². The molecule has 0 saturated heterocycles. The van der Waals surface area contributed by atoms with Crippen molar-refractivity contribution < 1.29 is 13.2 Å². The van der Waals surface area contributed by atoms with E-state index in [4.69, 9.17) is 23.2 Å². The van der Waals surface area contributed by atoms with Crippen molar-refractivity contribution in [1.29, 1.82) is 0 Å². The van der Waals surface area contributed by atoms with E-state index >= 15 is 0 Å². The molecular weight excluding hydrogens is 347 g/mol. The molecule has 22 heavy (non-hydrogen) atoms. The van der Waals surface area contributed by atoms with Gasteiger partial charge in [0.2, 0.25) is 0 Å². The van der Waals surface area contributed by atoms with Gasteiger partial charge >= 0.3 is 0 Å². The zero-order chi connectivity index (χ0) is 16.5. The van der Waals surface area contributed by atoms with Crippen molar-refractivity contribution in [3.8, 4) is 0 Å². The molecule has 0 N–H and O–H groups in total. The van der Waals surface area contributed by atoms with Crippen LogP contribution in [0.3, 0.4) is 0 Å². The van der Waals surface area contributed by atoms with Crippen LogP contribution in [0.1, 0.15) is 10.4 Å². The Balaban J connectivity index is 2.29. The Hall–Kier alpha value is -1.63. The normalized spacial score (nSPS) is 11.3. The minimum atomic E-state index is -3.27. The fourth-order valence-electron chi connectivity index (χ4n) is 1.77. The minimum absolute atomic E-state index is 0.123. The van der Waals surface area contributed by atoms with Gasteiger partial charge < -0.3 is 4.90 Å². The number of benzene rings is 1. The number of pyridine rings is 1. The highest BCUT2D eigenvalue weighted by molar-refractivity contribution is 7.90. The Bertz CT molecular complexity index is 820. The molecule has 0 radical (unpaired) electrons. The number of anilines is 1. The molecule has 1 aromatic carbocycles. The van der Waals surface area contributed by atoms with E-state index < -0.39 is 9.84 Å². The lowest BCUT2D eigenvalue weighted by Crippen LogP contribution is -2.26. The molecule has 116 valence electrons. The zero-order valence-corrected chi connectivity index (χ0v) is 14.1. The molecule has 0 aliphatic carbocycles. The van der Waals surface area contributed by atoms with Crippen LogP contribution in [0, 0.1) is 0 Å². The van der Waals surface area contributed by atoms with Crippen molar-refractivity contribution in [2.75, 3.05) is 18.2 Å². The van der Waals surface area contributed by atoms with E-state index in [0.29, 0.717) is 5.69 Å². The highest BCUT2D eigenvalue weighted by Gasteiger charge is 2.16. The van der Waals surface area contributed by atoms with E-state index in [0.717, 1.165) is 6.26 Å². The molecule has 2 aromatic rings. The predicted octanol–water partition coefficient (Wildman–Crippen LogP) is 3.07. The predicted molar refractivity (Wildman–Crippen MR) is 86.5 cm³/mol. The number of carbonyl (C=O) groups is 1. The molecule has 0 atom stereocenters. The standard InChI is InChI=1S/C14H12Cl2N2O3S/c1-18(10-3-5-11(6-4-10)22(2,20)21)14(19)9-7-12(15)13(16)17-8-9/h3-8H,1-2H3. The van der Waals surface area contributed by atoms with Crippen LogP contribution in [-0.2, 0) is 9.84 Å². The average Bonchev–Trinajstić information content (AvgIpc) is 2.48. The maximum absolute atomic E-state index is 12.4. The van der Waals surface area contributed by atoms with E-state index in [2.05, 4.69) is 4.98 Å². The third-order valence-electron chi connectivity index (χ3n) is 3.00. The second-order valence-electron chi connectivity index (χ2n) is 4.63. The van der Waals surface area contributed by atoms with Crippen molar-refractivity contribution in [3.05, 3.63) is 52.3 Å². The quantitative estimate of drug-likeness (QED) is 0.790. The molecule has 8 heteroatoms. The van der Waals surface area contributed by atoms with E-state index in [9.17, 15) is 13.2 Å². The van der Waals surface area contributed by atoms with Gasteiger partial charge in [-0.2, -0.15) is 0 Å². The Kier molecular flexibility index (Phi) is 4.75. The van der Waals surface area contributed by atoms with E-state index in [1.54, 1.807) is 19.2 Å². The summed E-state index contributed by atoms with van der Waals surface area (Å²) in [7, 11) is -1.70. The lowest BCUT2D eigenvalue weighted by molar-refractivity contribution is 0.0992. The molecule has 0 spiro atoms. The lowest BCUT2D eigenvalue weighted by Gasteiger charge is -2.17. The van der Waals surface area contributed by atoms with Gasteiger partial charge in [0.05, 0.1) is 15.5 Å². The molecule has 2 rings (SSSR count). The first-order valence-electron chi connectivity index (χ1n) is 6.09. The molecule has 1 amide bonds. The van der Waals surface area contributed by atoms with Gasteiger partial charge in [-0.05, 0) is 30.3 Å². The Morgan fingerprint density at radius 2 is 1.77 bits per heavy atom. The van der Waals surface area contributed by atoms with E-state index in [-0.39, 0.29) is 26.5 Å². The van der Waals surface area contributed by atoms with Gasteiger partial charge in [0.15, 0.2) is 9.84 Å².